The zero-order valence-corrected chi connectivity index (χ0v) is 20.6. The monoisotopic (exact) mass is 518 g/mol. The smallest absolute Gasteiger partial charge is 0.337 e. The Morgan fingerprint density at radius 1 is 1.03 bits per heavy atom. The number of carbonyl (C=O) groups excluding carboxylic acids is 2. The summed E-state index contributed by atoms with van der Waals surface area (Å²) < 4.78 is 11.3. The highest BCUT2D eigenvalue weighted by atomic mass is 79.9. The number of nitriles is 1. The third-order valence-electron chi connectivity index (χ3n) is 5.16. The molecule has 1 amide bonds. The third-order valence-corrected chi connectivity index (χ3v) is 5.78. The quantitative estimate of drug-likeness (QED) is 0.236. The molecule has 34 heavy (non-hydrogen) atoms. The predicted molar refractivity (Wildman–Crippen MR) is 134 cm³/mol. The number of aryl methyl sites for hydroxylation is 2. The summed E-state index contributed by atoms with van der Waals surface area (Å²) in [5.74, 6) is -0.369. The summed E-state index contributed by atoms with van der Waals surface area (Å²) in [6, 6.07) is 19.7. The van der Waals surface area contributed by atoms with E-state index in [2.05, 4.69) is 52.0 Å². The Labute approximate surface area is 207 Å². The number of benzene rings is 3. The highest BCUT2D eigenvalue weighted by Gasteiger charge is 2.12. The second kappa shape index (κ2) is 11.3. The lowest BCUT2D eigenvalue weighted by Crippen LogP contribution is -2.13. The number of hydrogen-bond donors (Lipinski definition) is 1. The van der Waals surface area contributed by atoms with Gasteiger partial charge in [0, 0.05) is 5.69 Å². The van der Waals surface area contributed by atoms with E-state index < -0.39 is 11.9 Å². The molecule has 0 aromatic heterocycles. The Morgan fingerprint density at radius 3 is 2.38 bits per heavy atom. The van der Waals surface area contributed by atoms with Crippen LogP contribution in [0.4, 0.5) is 5.69 Å². The zero-order chi connectivity index (χ0) is 24.7. The van der Waals surface area contributed by atoms with Gasteiger partial charge in [0.1, 0.15) is 24.0 Å². The maximum atomic E-state index is 12.6. The Balaban J connectivity index is 1.68. The topological polar surface area (TPSA) is 88.4 Å². The van der Waals surface area contributed by atoms with Crippen molar-refractivity contribution in [1.29, 1.82) is 5.26 Å². The maximum Gasteiger partial charge on any atom is 0.337 e. The minimum atomic E-state index is -0.556. The summed E-state index contributed by atoms with van der Waals surface area (Å²) in [7, 11) is 1.30. The summed E-state index contributed by atoms with van der Waals surface area (Å²) in [6.07, 6.45) is 1.50. The second-order valence-corrected chi connectivity index (χ2v) is 8.44. The van der Waals surface area contributed by atoms with Gasteiger partial charge in [0.05, 0.1) is 17.1 Å². The van der Waals surface area contributed by atoms with Crippen molar-refractivity contribution in [3.8, 4) is 11.8 Å². The molecule has 7 heteroatoms. The lowest BCUT2D eigenvalue weighted by molar-refractivity contribution is -0.112. The number of rotatable bonds is 7. The Morgan fingerprint density at radius 2 is 1.76 bits per heavy atom. The van der Waals surface area contributed by atoms with Gasteiger partial charge in [0.25, 0.3) is 5.91 Å². The number of hydrogen-bond acceptors (Lipinski definition) is 5. The molecular formula is C27H23BrN2O4. The number of carbonyl (C=O) groups is 2. The largest absolute Gasteiger partial charge is 0.488 e. The number of halogens is 1. The minimum Gasteiger partial charge on any atom is -0.488 e. The summed E-state index contributed by atoms with van der Waals surface area (Å²) >= 11 is 3.50. The van der Waals surface area contributed by atoms with Crippen LogP contribution >= 0.6 is 15.9 Å². The maximum absolute atomic E-state index is 12.6. The number of methoxy groups -OCH3 is 1. The fourth-order valence-corrected chi connectivity index (χ4v) is 3.61. The van der Waals surface area contributed by atoms with Crippen LogP contribution in [-0.4, -0.2) is 19.0 Å². The molecule has 0 saturated heterocycles. The number of amides is 1. The van der Waals surface area contributed by atoms with Crippen LogP contribution in [0.1, 0.15) is 32.6 Å². The molecule has 3 aromatic rings. The van der Waals surface area contributed by atoms with Gasteiger partial charge >= 0.3 is 5.97 Å². The Hall–Kier alpha value is -3.89. The molecule has 0 aliphatic carbocycles. The standard InChI is InChI=1S/C27H23BrN2O4/c1-17-4-5-20(12-18(17)2)16-34-25-11-6-19(14-24(25)28)13-22(15-29)26(31)30-23-9-7-21(8-10-23)27(32)33-3/h4-14H,16H2,1-3H3,(H,30,31)/b22-13+. The number of nitrogens with one attached hydrogen (secondary N) is 1. The van der Waals surface area contributed by atoms with E-state index in [4.69, 9.17) is 4.74 Å². The molecule has 6 nitrogen and oxygen atoms in total. The lowest BCUT2D eigenvalue weighted by Gasteiger charge is -2.10. The first kappa shape index (κ1) is 24.7. The van der Waals surface area contributed by atoms with Crippen molar-refractivity contribution < 1.29 is 19.1 Å². The van der Waals surface area contributed by atoms with Gasteiger partial charge in [-0.2, -0.15) is 5.26 Å². The van der Waals surface area contributed by atoms with Gasteiger partial charge in [-0.05, 0) is 94.5 Å². The van der Waals surface area contributed by atoms with Crippen LogP contribution in [0.3, 0.4) is 0 Å². The van der Waals surface area contributed by atoms with Crippen molar-refractivity contribution in [3.05, 3.63) is 98.5 Å². The number of anilines is 1. The summed E-state index contributed by atoms with van der Waals surface area (Å²) in [4.78, 5) is 24.1. The van der Waals surface area contributed by atoms with E-state index in [0.717, 1.165) is 5.56 Å². The molecular weight excluding hydrogens is 496 g/mol. The van der Waals surface area contributed by atoms with Crippen molar-refractivity contribution >= 4 is 39.6 Å². The molecule has 0 atom stereocenters. The van der Waals surface area contributed by atoms with E-state index in [1.165, 1.54) is 36.4 Å². The van der Waals surface area contributed by atoms with E-state index in [1.807, 2.05) is 12.1 Å². The van der Waals surface area contributed by atoms with Crippen molar-refractivity contribution in [2.24, 2.45) is 0 Å². The van der Waals surface area contributed by atoms with Crippen LogP contribution in [0, 0.1) is 25.2 Å². The Kier molecular flexibility index (Phi) is 8.23. The molecule has 0 radical (unpaired) electrons. The molecule has 0 aliphatic rings. The highest BCUT2D eigenvalue weighted by molar-refractivity contribution is 9.10. The van der Waals surface area contributed by atoms with Crippen molar-refractivity contribution in [2.75, 3.05) is 12.4 Å². The van der Waals surface area contributed by atoms with Crippen molar-refractivity contribution in [2.45, 2.75) is 20.5 Å². The molecule has 3 aromatic carbocycles. The predicted octanol–water partition coefficient (Wildman–Crippen LogP) is 5.98. The van der Waals surface area contributed by atoms with Gasteiger partial charge < -0.3 is 14.8 Å². The molecule has 0 saturated carbocycles. The van der Waals surface area contributed by atoms with Crippen LogP contribution in [0.5, 0.6) is 5.75 Å². The van der Waals surface area contributed by atoms with Gasteiger partial charge in [0.2, 0.25) is 0 Å². The van der Waals surface area contributed by atoms with E-state index >= 15 is 0 Å². The lowest BCUT2D eigenvalue weighted by atomic mass is 10.1. The van der Waals surface area contributed by atoms with Gasteiger partial charge in [-0.15, -0.1) is 0 Å². The number of nitrogens with zero attached hydrogens (tertiary/aromatic N) is 1. The fourth-order valence-electron chi connectivity index (χ4n) is 3.10. The average Bonchev–Trinajstić information content (AvgIpc) is 2.84. The molecule has 0 unspecified atom stereocenters. The average molecular weight is 519 g/mol. The SMILES string of the molecule is COC(=O)c1ccc(NC(=O)/C(C#N)=C/c2ccc(OCc3ccc(C)c(C)c3)c(Br)c2)cc1. The van der Waals surface area contributed by atoms with E-state index in [-0.39, 0.29) is 5.57 Å². The van der Waals surface area contributed by atoms with Gasteiger partial charge in [0.15, 0.2) is 0 Å². The fraction of sp³-hybridized carbons (Fsp3) is 0.148. The molecule has 0 spiro atoms. The van der Waals surface area contributed by atoms with Gasteiger partial charge in [-0.1, -0.05) is 24.3 Å². The third kappa shape index (κ3) is 6.33. The molecule has 172 valence electrons. The van der Waals surface area contributed by atoms with Gasteiger partial charge in [-0.25, -0.2) is 4.79 Å². The van der Waals surface area contributed by atoms with Crippen LogP contribution in [-0.2, 0) is 16.1 Å². The molecule has 0 heterocycles. The number of ether oxygens (including phenoxy) is 2. The molecule has 3 rings (SSSR count). The Bertz CT molecular complexity index is 1290. The number of esters is 1. The molecule has 0 fully saturated rings. The van der Waals surface area contributed by atoms with E-state index in [9.17, 15) is 14.9 Å². The molecule has 0 bridgehead atoms. The van der Waals surface area contributed by atoms with Crippen LogP contribution in [0.25, 0.3) is 6.08 Å². The normalized spacial score (nSPS) is 10.9. The molecule has 0 aliphatic heterocycles. The second-order valence-electron chi connectivity index (χ2n) is 7.59. The minimum absolute atomic E-state index is 0.0623. The molecule has 1 N–H and O–H groups in total. The van der Waals surface area contributed by atoms with Crippen LogP contribution in [0.15, 0.2) is 70.7 Å². The summed E-state index contributed by atoms with van der Waals surface area (Å²) in [6.45, 7) is 4.56. The van der Waals surface area contributed by atoms with E-state index in [0.29, 0.717) is 33.6 Å². The van der Waals surface area contributed by atoms with Crippen molar-refractivity contribution in [3.63, 3.8) is 0 Å². The first-order valence-corrected chi connectivity index (χ1v) is 11.2. The van der Waals surface area contributed by atoms with Crippen molar-refractivity contribution in [1.82, 2.24) is 0 Å². The summed E-state index contributed by atoms with van der Waals surface area (Å²) in [5, 5.41) is 12.1. The van der Waals surface area contributed by atoms with E-state index in [1.54, 1.807) is 30.3 Å². The first-order valence-electron chi connectivity index (χ1n) is 10.4. The van der Waals surface area contributed by atoms with Crippen LogP contribution < -0.4 is 10.1 Å². The zero-order valence-electron chi connectivity index (χ0n) is 19.0. The first-order chi connectivity index (χ1) is 16.3. The highest BCUT2D eigenvalue weighted by Crippen LogP contribution is 2.28. The summed E-state index contributed by atoms with van der Waals surface area (Å²) in [5.41, 5.74) is 4.93. The van der Waals surface area contributed by atoms with Crippen LogP contribution in [0.2, 0.25) is 0 Å². The van der Waals surface area contributed by atoms with Gasteiger partial charge in [-0.3, -0.25) is 4.79 Å².